The van der Waals surface area contributed by atoms with Crippen LogP contribution in [0.3, 0.4) is 0 Å². The van der Waals surface area contributed by atoms with Gasteiger partial charge in [0.1, 0.15) is 0 Å². The Kier molecular flexibility index (Phi) is 4.59. The first-order valence-corrected chi connectivity index (χ1v) is 3.76. The summed E-state index contributed by atoms with van der Waals surface area (Å²) < 4.78 is 4.79. The highest BCUT2D eigenvalue weighted by atomic mass is 16.5. The summed E-state index contributed by atoms with van der Waals surface area (Å²) in [7, 11) is 0. The summed E-state index contributed by atoms with van der Waals surface area (Å²) in [5.74, 6) is -0.308. The molecular weight excluding hydrogens is 166 g/mol. The predicted molar refractivity (Wildman–Crippen MR) is 53.5 cm³/mol. The molecule has 1 rings (SSSR count). The Balaban J connectivity index is 0.00000144. The van der Waals surface area contributed by atoms with Gasteiger partial charge in [-0.2, -0.15) is 0 Å². The summed E-state index contributed by atoms with van der Waals surface area (Å²) in [6.07, 6.45) is 0. The van der Waals surface area contributed by atoms with Crippen LogP contribution in [-0.4, -0.2) is 12.6 Å². The number of carbonyl (C=O) groups excluding carboxylic acids is 1. The lowest BCUT2D eigenvalue weighted by Crippen LogP contribution is -2.04. The number of hydrogen-bond acceptors (Lipinski definition) is 3. The van der Waals surface area contributed by atoms with Gasteiger partial charge in [-0.3, -0.25) is 0 Å². The highest BCUT2D eigenvalue weighted by Gasteiger charge is 2.03. The van der Waals surface area contributed by atoms with Crippen molar-refractivity contribution in [2.24, 2.45) is 0 Å². The molecule has 1 aromatic rings. The van der Waals surface area contributed by atoms with E-state index in [1.54, 1.807) is 31.2 Å². The zero-order valence-electron chi connectivity index (χ0n) is 6.91. The van der Waals surface area contributed by atoms with E-state index in [0.717, 1.165) is 0 Å². The van der Waals surface area contributed by atoms with Crippen molar-refractivity contribution in [2.75, 3.05) is 12.3 Å². The second-order valence-electron chi connectivity index (χ2n) is 2.34. The summed E-state index contributed by atoms with van der Waals surface area (Å²) >= 11 is 0. The molecule has 0 fully saturated rings. The maximum absolute atomic E-state index is 11.1. The van der Waals surface area contributed by atoms with Crippen molar-refractivity contribution < 1.29 is 9.53 Å². The molecule has 0 atom stereocenters. The van der Waals surface area contributed by atoms with Gasteiger partial charge in [-0.25, -0.2) is 4.79 Å². The summed E-state index contributed by atoms with van der Waals surface area (Å²) in [4.78, 5) is 11.1. The van der Waals surface area contributed by atoms with Gasteiger partial charge >= 0.3 is 5.97 Å². The molecule has 72 valence electrons. The molecule has 0 aromatic heterocycles. The molecule has 3 heteroatoms. The Bertz CT molecular complexity index is 267. The van der Waals surface area contributed by atoms with Gasteiger partial charge in [-0.05, 0) is 31.2 Å². The largest absolute Gasteiger partial charge is 0.462 e. The van der Waals surface area contributed by atoms with Crippen LogP contribution in [0.4, 0.5) is 5.69 Å². The van der Waals surface area contributed by atoms with E-state index in [-0.39, 0.29) is 13.4 Å². The van der Waals surface area contributed by atoms with Crippen molar-refractivity contribution in [1.29, 1.82) is 0 Å². The molecule has 0 saturated heterocycles. The fraction of sp³-hybridized carbons (Fsp3) is 0.300. The van der Waals surface area contributed by atoms with Crippen LogP contribution in [0, 0.1) is 0 Å². The van der Waals surface area contributed by atoms with Crippen molar-refractivity contribution in [2.45, 2.75) is 14.4 Å². The maximum atomic E-state index is 11.1. The van der Waals surface area contributed by atoms with E-state index < -0.39 is 0 Å². The zero-order chi connectivity index (χ0) is 8.97. The Morgan fingerprint density at radius 2 is 1.92 bits per heavy atom. The third-order valence-electron chi connectivity index (χ3n) is 1.42. The van der Waals surface area contributed by atoms with Gasteiger partial charge in [-0.15, -0.1) is 0 Å². The summed E-state index contributed by atoms with van der Waals surface area (Å²) in [5, 5.41) is 0. The quantitative estimate of drug-likeness (QED) is 0.561. The van der Waals surface area contributed by atoms with Gasteiger partial charge in [-0.1, -0.05) is 7.43 Å². The number of nitrogen functional groups attached to an aromatic ring is 1. The molecule has 0 saturated carbocycles. The van der Waals surface area contributed by atoms with E-state index in [0.29, 0.717) is 17.9 Å². The summed E-state index contributed by atoms with van der Waals surface area (Å²) in [6.45, 7) is 2.17. The minimum atomic E-state index is -0.308. The Labute approximate surface area is 78.5 Å². The number of rotatable bonds is 2. The highest BCUT2D eigenvalue weighted by molar-refractivity contribution is 5.89. The van der Waals surface area contributed by atoms with Gasteiger partial charge in [0.15, 0.2) is 0 Å². The van der Waals surface area contributed by atoms with Crippen LogP contribution in [0.25, 0.3) is 0 Å². The molecular formula is C10H15NO2. The van der Waals surface area contributed by atoms with E-state index in [1.807, 2.05) is 0 Å². The fourth-order valence-corrected chi connectivity index (χ4v) is 0.834. The molecule has 0 amide bonds. The second-order valence-corrected chi connectivity index (χ2v) is 2.34. The first-order valence-electron chi connectivity index (χ1n) is 3.76. The third kappa shape index (κ3) is 3.15. The van der Waals surface area contributed by atoms with Crippen LogP contribution < -0.4 is 5.73 Å². The standard InChI is InChI=1S/C9H11NO2.CH4/c1-2-12-9(11)7-3-5-8(10)6-4-7;/h3-6H,2,10H2,1H3;1H4. The number of benzene rings is 1. The van der Waals surface area contributed by atoms with Crippen molar-refractivity contribution >= 4 is 11.7 Å². The molecule has 0 spiro atoms. The van der Waals surface area contributed by atoms with Gasteiger partial charge < -0.3 is 10.5 Å². The van der Waals surface area contributed by atoms with E-state index in [1.165, 1.54) is 0 Å². The molecule has 0 aliphatic rings. The first kappa shape index (κ1) is 11.5. The number of hydrogen-bond donors (Lipinski definition) is 1. The molecule has 3 nitrogen and oxygen atoms in total. The van der Waals surface area contributed by atoms with Gasteiger partial charge in [0.2, 0.25) is 0 Å². The normalized spacial score (nSPS) is 8.69. The van der Waals surface area contributed by atoms with Crippen LogP contribution in [0.2, 0.25) is 0 Å². The smallest absolute Gasteiger partial charge is 0.338 e. The minimum Gasteiger partial charge on any atom is -0.462 e. The van der Waals surface area contributed by atoms with E-state index in [4.69, 9.17) is 10.5 Å². The fourth-order valence-electron chi connectivity index (χ4n) is 0.834. The zero-order valence-corrected chi connectivity index (χ0v) is 6.91. The molecule has 13 heavy (non-hydrogen) atoms. The van der Waals surface area contributed by atoms with Crippen molar-refractivity contribution in [1.82, 2.24) is 0 Å². The van der Waals surface area contributed by atoms with Crippen molar-refractivity contribution in [3.63, 3.8) is 0 Å². The lowest BCUT2D eigenvalue weighted by Gasteiger charge is -2.00. The Morgan fingerprint density at radius 3 is 2.38 bits per heavy atom. The number of nitrogens with two attached hydrogens (primary N) is 1. The third-order valence-corrected chi connectivity index (χ3v) is 1.42. The van der Waals surface area contributed by atoms with Crippen molar-refractivity contribution in [3.8, 4) is 0 Å². The molecule has 0 unspecified atom stereocenters. The van der Waals surface area contributed by atoms with E-state index in [9.17, 15) is 4.79 Å². The molecule has 0 radical (unpaired) electrons. The lowest BCUT2D eigenvalue weighted by atomic mass is 10.2. The number of anilines is 1. The maximum Gasteiger partial charge on any atom is 0.338 e. The van der Waals surface area contributed by atoms with Crippen LogP contribution in [-0.2, 0) is 4.74 Å². The second kappa shape index (κ2) is 5.19. The molecule has 0 aliphatic heterocycles. The topological polar surface area (TPSA) is 52.3 Å². The number of ether oxygens (including phenoxy) is 1. The average Bonchev–Trinajstić information content (AvgIpc) is 2.06. The predicted octanol–water partition coefficient (Wildman–Crippen LogP) is 2.08. The Hall–Kier alpha value is -1.51. The van der Waals surface area contributed by atoms with Gasteiger partial charge in [0.25, 0.3) is 0 Å². The lowest BCUT2D eigenvalue weighted by molar-refractivity contribution is 0.0526. The number of esters is 1. The van der Waals surface area contributed by atoms with E-state index >= 15 is 0 Å². The first-order chi connectivity index (χ1) is 5.74. The highest BCUT2D eigenvalue weighted by Crippen LogP contribution is 2.06. The number of carbonyl (C=O) groups is 1. The van der Waals surface area contributed by atoms with Crippen LogP contribution >= 0.6 is 0 Å². The van der Waals surface area contributed by atoms with Crippen LogP contribution in [0.15, 0.2) is 24.3 Å². The summed E-state index contributed by atoms with van der Waals surface area (Å²) in [5.41, 5.74) is 6.62. The van der Waals surface area contributed by atoms with Crippen LogP contribution in [0.1, 0.15) is 24.7 Å². The molecule has 1 aromatic carbocycles. The molecule has 2 N–H and O–H groups in total. The monoisotopic (exact) mass is 181 g/mol. The van der Waals surface area contributed by atoms with Crippen molar-refractivity contribution in [3.05, 3.63) is 29.8 Å². The molecule has 0 heterocycles. The van der Waals surface area contributed by atoms with Gasteiger partial charge in [0, 0.05) is 5.69 Å². The Morgan fingerprint density at radius 1 is 1.38 bits per heavy atom. The van der Waals surface area contributed by atoms with Gasteiger partial charge in [0.05, 0.1) is 12.2 Å². The summed E-state index contributed by atoms with van der Waals surface area (Å²) in [6, 6.07) is 6.64. The molecule has 0 bridgehead atoms. The van der Waals surface area contributed by atoms with Crippen LogP contribution in [0.5, 0.6) is 0 Å². The minimum absolute atomic E-state index is 0. The molecule has 0 aliphatic carbocycles. The SMILES string of the molecule is C.CCOC(=O)c1ccc(N)cc1. The average molecular weight is 181 g/mol. The van der Waals surface area contributed by atoms with E-state index in [2.05, 4.69) is 0 Å².